The quantitative estimate of drug-likeness (QED) is 0.470. The molecule has 31 heavy (non-hydrogen) atoms. The molecule has 0 spiro atoms. The molecule has 3 amide bonds. The second kappa shape index (κ2) is 8.89. The number of carbonyl (C=O) groups excluding carboxylic acids is 3. The predicted octanol–water partition coefficient (Wildman–Crippen LogP) is 3.16. The Balaban J connectivity index is 1.29. The van der Waals surface area contributed by atoms with E-state index in [1.807, 2.05) is 31.2 Å². The Labute approximate surface area is 184 Å². The van der Waals surface area contributed by atoms with Crippen LogP contribution in [0.4, 0.5) is 21.9 Å². The molecule has 0 unspecified atom stereocenters. The number of hydrogen-bond donors (Lipinski definition) is 3. The van der Waals surface area contributed by atoms with E-state index in [-0.39, 0.29) is 17.9 Å². The molecule has 8 nitrogen and oxygen atoms in total. The average molecular weight is 441 g/mol. The highest BCUT2D eigenvalue weighted by molar-refractivity contribution is 8.00. The Hall–Kier alpha value is -3.20. The first-order valence-electron chi connectivity index (χ1n) is 10.1. The van der Waals surface area contributed by atoms with Crippen molar-refractivity contribution >= 4 is 46.7 Å². The first kappa shape index (κ1) is 21.0. The van der Waals surface area contributed by atoms with Gasteiger partial charge in [0.25, 0.3) is 5.91 Å². The smallest absolute Gasteiger partial charge is 0.414 e. The number of nitrogens with one attached hydrogen (secondary N) is 2. The Morgan fingerprint density at radius 1 is 1.32 bits per heavy atom. The van der Waals surface area contributed by atoms with E-state index < -0.39 is 6.09 Å². The molecule has 9 heteroatoms. The van der Waals surface area contributed by atoms with E-state index in [1.54, 1.807) is 17.0 Å². The lowest BCUT2D eigenvalue weighted by molar-refractivity contribution is -0.113. The van der Waals surface area contributed by atoms with Crippen molar-refractivity contribution in [3.63, 3.8) is 0 Å². The highest BCUT2D eigenvalue weighted by Crippen LogP contribution is 2.35. The van der Waals surface area contributed by atoms with Gasteiger partial charge in [0.15, 0.2) is 0 Å². The van der Waals surface area contributed by atoms with E-state index in [1.165, 1.54) is 11.8 Å². The maximum Gasteiger partial charge on any atom is 0.414 e. The molecule has 4 N–H and O–H groups in total. The van der Waals surface area contributed by atoms with Crippen LogP contribution in [0.25, 0.3) is 0 Å². The van der Waals surface area contributed by atoms with Crippen LogP contribution < -0.4 is 21.3 Å². The molecule has 2 aromatic carbocycles. The summed E-state index contributed by atoms with van der Waals surface area (Å²) < 4.78 is 5.49. The van der Waals surface area contributed by atoms with Crippen LogP contribution in [-0.4, -0.2) is 42.9 Å². The van der Waals surface area contributed by atoms with Gasteiger partial charge >= 0.3 is 6.09 Å². The summed E-state index contributed by atoms with van der Waals surface area (Å²) in [5, 5.41) is 5.72. The third kappa shape index (κ3) is 4.61. The van der Waals surface area contributed by atoms with E-state index in [2.05, 4.69) is 10.6 Å². The van der Waals surface area contributed by atoms with E-state index in [9.17, 15) is 14.4 Å². The lowest BCUT2D eigenvalue weighted by Gasteiger charge is -2.20. The van der Waals surface area contributed by atoms with Crippen molar-refractivity contribution in [2.24, 2.45) is 0 Å². The number of cyclic esters (lactones) is 1. The van der Waals surface area contributed by atoms with Crippen molar-refractivity contribution in [2.75, 3.05) is 34.8 Å². The minimum Gasteiger partial charge on any atom is -0.444 e. The molecule has 4 rings (SSSR count). The number of amides is 3. The van der Waals surface area contributed by atoms with Gasteiger partial charge in [-0.25, -0.2) is 4.79 Å². The zero-order valence-electron chi connectivity index (χ0n) is 17.1. The summed E-state index contributed by atoms with van der Waals surface area (Å²) >= 11 is 1.48. The normalized spacial score (nSPS) is 17.7. The second-order valence-corrected chi connectivity index (χ2v) is 8.59. The van der Waals surface area contributed by atoms with Crippen molar-refractivity contribution in [2.45, 2.75) is 30.8 Å². The third-order valence-corrected chi connectivity index (χ3v) is 6.38. The zero-order chi connectivity index (χ0) is 22.0. The third-order valence-electron chi connectivity index (χ3n) is 5.30. The van der Waals surface area contributed by atoms with Gasteiger partial charge in [0.05, 0.1) is 23.5 Å². The topological polar surface area (TPSA) is 114 Å². The molecular formula is C22H24N4O4S. The maximum absolute atomic E-state index is 12.4. The standard InChI is InChI=1S/C22H24N4O4S/c1-13-4-2-6-16(23)20(13)21(28)24-9-3-5-15-11-26(22(29)30-15)14-7-8-18-17(10-14)25-19(27)12-31-18/h2,4,6-8,10,15H,3,5,9,11-12,23H2,1H3,(H,24,28)(H,25,27)/t15-/m0/s1. The molecule has 1 saturated heterocycles. The van der Waals surface area contributed by atoms with Gasteiger partial charge in [0.2, 0.25) is 5.91 Å². The number of aryl methyl sites for hydroxylation is 1. The van der Waals surface area contributed by atoms with Gasteiger partial charge in [0, 0.05) is 22.8 Å². The summed E-state index contributed by atoms with van der Waals surface area (Å²) in [5.74, 6) is 0.147. The molecule has 0 radical (unpaired) electrons. The number of hydrogen-bond acceptors (Lipinski definition) is 6. The molecule has 1 fully saturated rings. The fraction of sp³-hybridized carbons (Fsp3) is 0.318. The van der Waals surface area contributed by atoms with Crippen molar-refractivity contribution < 1.29 is 19.1 Å². The number of benzene rings is 2. The van der Waals surface area contributed by atoms with Gasteiger partial charge in [0.1, 0.15) is 6.10 Å². The van der Waals surface area contributed by atoms with Crippen molar-refractivity contribution in [3.05, 3.63) is 47.5 Å². The van der Waals surface area contributed by atoms with Crippen LogP contribution in [-0.2, 0) is 9.53 Å². The molecule has 0 bridgehead atoms. The number of rotatable bonds is 6. The lowest BCUT2D eigenvalue weighted by Crippen LogP contribution is -2.27. The minimum absolute atomic E-state index is 0.0500. The largest absolute Gasteiger partial charge is 0.444 e. The van der Waals surface area contributed by atoms with E-state index in [0.29, 0.717) is 54.3 Å². The van der Waals surface area contributed by atoms with Crippen LogP contribution in [0, 0.1) is 6.92 Å². The Morgan fingerprint density at radius 3 is 2.97 bits per heavy atom. The number of nitrogen functional groups attached to an aromatic ring is 1. The van der Waals surface area contributed by atoms with E-state index >= 15 is 0 Å². The predicted molar refractivity (Wildman–Crippen MR) is 121 cm³/mol. The highest BCUT2D eigenvalue weighted by Gasteiger charge is 2.32. The average Bonchev–Trinajstić information content (AvgIpc) is 3.11. The molecule has 2 heterocycles. The highest BCUT2D eigenvalue weighted by atomic mass is 32.2. The number of ether oxygens (including phenoxy) is 1. The van der Waals surface area contributed by atoms with Gasteiger partial charge in [-0.2, -0.15) is 0 Å². The van der Waals surface area contributed by atoms with Gasteiger partial charge in [-0.05, 0) is 49.6 Å². The Kier molecular flexibility index (Phi) is 6.03. The molecule has 2 aliphatic heterocycles. The molecule has 0 saturated carbocycles. The molecule has 0 aliphatic carbocycles. The molecule has 1 atom stereocenters. The van der Waals surface area contributed by atoms with Crippen LogP contribution in [0.15, 0.2) is 41.3 Å². The molecular weight excluding hydrogens is 416 g/mol. The fourth-order valence-electron chi connectivity index (χ4n) is 3.74. The van der Waals surface area contributed by atoms with Crippen LogP contribution >= 0.6 is 11.8 Å². The number of carbonyl (C=O) groups is 3. The monoisotopic (exact) mass is 440 g/mol. The summed E-state index contributed by atoms with van der Waals surface area (Å²) in [6.45, 7) is 2.74. The SMILES string of the molecule is Cc1cccc(N)c1C(=O)NCCC[C@H]1CN(c2ccc3c(c2)NC(=O)CS3)C(=O)O1. The van der Waals surface area contributed by atoms with E-state index in [0.717, 1.165) is 10.5 Å². The number of anilines is 3. The van der Waals surface area contributed by atoms with Crippen LogP contribution in [0.5, 0.6) is 0 Å². The summed E-state index contributed by atoms with van der Waals surface area (Å²) in [5.41, 5.74) is 9.11. The Bertz CT molecular complexity index is 1020. The Morgan fingerprint density at radius 2 is 2.16 bits per heavy atom. The molecule has 0 aromatic heterocycles. The molecule has 2 aliphatic rings. The van der Waals surface area contributed by atoms with Gasteiger partial charge in [-0.1, -0.05) is 12.1 Å². The molecule has 2 aromatic rings. The van der Waals surface area contributed by atoms with Gasteiger partial charge in [-0.3, -0.25) is 14.5 Å². The lowest BCUT2D eigenvalue weighted by atomic mass is 10.1. The van der Waals surface area contributed by atoms with Gasteiger partial charge < -0.3 is 21.1 Å². The van der Waals surface area contributed by atoms with Crippen LogP contribution in [0.3, 0.4) is 0 Å². The second-order valence-electron chi connectivity index (χ2n) is 7.57. The first-order valence-corrected chi connectivity index (χ1v) is 11.1. The number of fused-ring (bicyclic) bond motifs is 1. The molecule has 162 valence electrons. The van der Waals surface area contributed by atoms with Crippen molar-refractivity contribution in [1.29, 1.82) is 0 Å². The zero-order valence-corrected chi connectivity index (χ0v) is 18.0. The van der Waals surface area contributed by atoms with E-state index in [4.69, 9.17) is 10.5 Å². The minimum atomic E-state index is -0.406. The van der Waals surface area contributed by atoms with Gasteiger partial charge in [-0.15, -0.1) is 11.8 Å². The number of thioether (sulfide) groups is 1. The summed E-state index contributed by atoms with van der Waals surface area (Å²) in [6, 6.07) is 10.9. The maximum atomic E-state index is 12.4. The number of nitrogens with two attached hydrogens (primary N) is 1. The van der Waals surface area contributed by atoms with Crippen molar-refractivity contribution in [1.82, 2.24) is 5.32 Å². The van der Waals surface area contributed by atoms with Crippen molar-refractivity contribution in [3.8, 4) is 0 Å². The first-order chi connectivity index (χ1) is 14.9. The fourth-order valence-corrected chi connectivity index (χ4v) is 4.53. The number of nitrogens with zero attached hydrogens (tertiary/aromatic N) is 1. The summed E-state index contributed by atoms with van der Waals surface area (Å²) in [6.07, 6.45) is 0.633. The van der Waals surface area contributed by atoms with Crippen LogP contribution in [0.1, 0.15) is 28.8 Å². The van der Waals surface area contributed by atoms with Crippen LogP contribution in [0.2, 0.25) is 0 Å². The summed E-state index contributed by atoms with van der Waals surface area (Å²) in [7, 11) is 0. The summed E-state index contributed by atoms with van der Waals surface area (Å²) in [4.78, 5) is 38.9.